The normalized spacial score (nSPS) is 22.7. The van der Waals surface area contributed by atoms with Gasteiger partial charge in [0.25, 0.3) is 0 Å². The van der Waals surface area contributed by atoms with E-state index in [9.17, 15) is 9.79 Å². The van der Waals surface area contributed by atoms with Crippen molar-refractivity contribution in [3.63, 3.8) is 0 Å². The molecule has 0 saturated heterocycles. The number of nitrogens with zero attached hydrogens (tertiary/aromatic N) is 3. The van der Waals surface area contributed by atoms with E-state index in [2.05, 4.69) is 13.9 Å². The lowest BCUT2D eigenvalue weighted by atomic mass is 10.4. The van der Waals surface area contributed by atoms with Crippen LogP contribution in [0.3, 0.4) is 0 Å². The van der Waals surface area contributed by atoms with Crippen LogP contribution in [0.25, 0.3) is 4.86 Å². The molecule has 0 saturated carbocycles. The van der Waals surface area contributed by atoms with Gasteiger partial charge in [-0.3, -0.25) is 0 Å². The maximum absolute atomic E-state index is 9.94. The molecule has 5 nitrogen and oxygen atoms in total. The minimum atomic E-state index is -3.57. The number of hydrogen-bond acceptors (Lipinski definition) is 2. The quantitative estimate of drug-likeness (QED) is 0.823. The van der Waals surface area contributed by atoms with Crippen molar-refractivity contribution in [2.24, 2.45) is 9.03 Å². The Bertz CT molecular complexity index is 686. The van der Waals surface area contributed by atoms with Crippen LogP contribution in [0.5, 0.6) is 0 Å². The molecule has 0 bridgehead atoms. The molecule has 0 radical (unpaired) electrons. The summed E-state index contributed by atoms with van der Waals surface area (Å²) in [5.41, 5.74) is 0. The second kappa shape index (κ2) is 5.83. The Morgan fingerprint density at radius 2 is 1.55 bits per heavy atom. The maximum atomic E-state index is 9.94. The fourth-order valence-corrected chi connectivity index (χ4v) is 8.08. The molecule has 1 heterocycles. The van der Waals surface area contributed by atoms with Crippen molar-refractivity contribution in [1.29, 1.82) is 0 Å². The molecule has 102 valence electrons. The smallest absolute Gasteiger partial charge is 0.218 e. The number of hydrogen-bond donors (Lipinski definition) is 2. The first-order valence-electron chi connectivity index (χ1n) is 5.87. The van der Waals surface area contributed by atoms with Gasteiger partial charge in [0.2, 0.25) is 8.22 Å². The van der Waals surface area contributed by atoms with Crippen molar-refractivity contribution < 1.29 is 9.79 Å². The SMILES string of the molecule is OP1(O)=NP(c2ccccc2)N=[P+](c2ccccc2)[N-]1. The molecule has 0 amide bonds. The molecule has 2 aromatic rings. The lowest BCUT2D eigenvalue weighted by Gasteiger charge is -2.25. The van der Waals surface area contributed by atoms with Gasteiger partial charge in [-0.15, -0.1) is 0 Å². The first-order chi connectivity index (χ1) is 9.64. The van der Waals surface area contributed by atoms with Gasteiger partial charge in [-0.2, -0.15) is 0 Å². The molecular formula is C12H12N3O2P3. The van der Waals surface area contributed by atoms with Crippen LogP contribution in [-0.4, -0.2) is 9.79 Å². The van der Waals surface area contributed by atoms with Crippen LogP contribution in [0.4, 0.5) is 0 Å². The summed E-state index contributed by atoms with van der Waals surface area (Å²) in [5.74, 6) is 0. The van der Waals surface area contributed by atoms with Crippen LogP contribution in [0.1, 0.15) is 0 Å². The van der Waals surface area contributed by atoms with Crippen LogP contribution < -0.4 is 10.6 Å². The molecule has 2 unspecified atom stereocenters. The second-order valence-electron chi connectivity index (χ2n) is 4.05. The van der Waals surface area contributed by atoms with Gasteiger partial charge in [-0.05, 0) is 12.1 Å². The Morgan fingerprint density at radius 3 is 2.20 bits per heavy atom. The third-order valence-corrected chi connectivity index (χ3v) is 8.70. The first kappa shape index (κ1) is 14.0. The summed E-state index contributed by atoms with van der Waals surface area (Å²) in [6.07, 6.45) is 0. The molecule has 1 aliphatic rings. The van der Waals surface area contributed by atoms with Gasteiger partial charge < -0.3 is 14.6 Å². The molecule has 3 rings (SSSR count). The van der Waals surface area contributed by atoms with E-state index in [1.807, 2.05) is 60.7 Å². The predicted molar refractivity (Wildman–Crippen MR) is 85.6 cm³/mol. The highest BCUT2D eigenvalue weighted by Gasteiger charge is 2.25. The number of benzene rings is 2. The van der Waals surface area contributed by atoms with E-state index in [-0.39, 0.29) is 0 Å². The highest BCUT2D eigenvalue weighted by Crippen LogP contribution is 2.69. The Morgan fingerprint density at radius 1 is 0.950 bits per heavy atom. The van der Waals surface area contributed by atoms with Crippen LogP contribution in [0.2, 0.25) is 0 Å². The average molecular weight is 323 g/mol. The van der Waals surface area contributed by atoms with E-state index >= 15 is 0 Å². The lowest BCUT2D eigenvalue weighted by Crippen LogP contribution is -2.00. The number of rotatable bonds is 2. The molecule has 0 aliphatic carbocycles. The molecule has 0 aromatic heterocycles. The van der Waals surface area contributed by atoms with Gasteiger partial charge in [0, 0.05) is 5.30 Å². The lowest BCUT2D eigenvalue weighted by molar-refractivity contribution is 0.480. The monoisotopic (exact) mass is 323 g/mol. The fourth-order valence-electron chi connectivity index (χ4n) is 1.69. The van der Waals surface area contributed by atoms with E-state index in [4.69, 9.17) is 0 Å². The Hall–Kier alpha value is -0.920. The van der Waals surface area contributed by atoms with Crippen LogP contribution >= 0.6 is 23.7 Å². The van der Waals surface area contributed by atoms with Crippen molar-refractivity contribution in [2.45, 2.75) is 0 Å². The summed E-state index contributed by atoms with van der Waals surface area (Å²) in [6, 6.07) is 19.0. The Kier molecular flexibility index (Phi) is 4.09. The summed E-state index contributed by atoms with van der Waals surface area (Å²) in [7, 11) is -6.13. The topological polar surface area (TPSA) is 79.3 Å². The van der Waals surface area contributed by atoms with Crippen LogP contribution in [-0.2, 0) is 0 Å². The average Bonchev–Trinajstić information content (AvgIpc) is 2.47. The third-order valence-electron chi connectivity index (χ3n) is 2.55. The summed E-state index contributed by atoms with van der Waals surface area (Å²) < 4.78 is 8.65. The van der Waals surface area contributed by atoms with Gasteiger partial charge in [-0.25, -0.2) is 4.52 Å². The Balaban J connectivity index is 2.03. The van der Waals surface area contributed by atoms with Crippen molar-refractivity contribution in [3.8, 4) is 0 Å². The maximum Gasteiger partial charge on any atom is 0.218 e. The van der Waals surface area contributed by atoms with Crippen molar-refractivity contribution in [1.82, 2.24) is 0 Å². The van der Waals surface area contributed by atoms with Crippen LogP contribution in [0.15, 0.2) is 69.7 Å². The third kappa shape index (κ3) is 3.21. The highest BCUT2D eigenvalue weighted by molar-refractivity contribution is 7.86. The predicted octanol–water partition coefficient (Wildman–Crippen LogP) is 3.85. The molecule has 2 N–H and O–H groups in total. The zero-order valence-corrected chi connectivity index (χ0v) is 13.0. The highest BCUT2D eigenvalue weighted by atomic mass is 31.3. The Labute approximate surface area is 119 Å². The molecule has 1 aliphatic heterocycles. The zero-order valence-electron chi connectivity index (χ0n) is 10.4. The first-order valence-corrected chi connectivity index (χ1v) is 9.96. The largest absolute Gasteiger partial charge is 0.352 e. The van der Waals surface area contributed by atoms with E-state index in [0.29, 0.717) is 0 Å². The summed E-state index contributed by atoms with van der Waals surface area (Å²) >= 11 is 0. The van der Waals surface area contributed by atoms with E-state index in [1.165, 1.54) is 0 Å². The summed E-state index contributed by atoms with van der Waals surface area (Å²) in [4.78, 5) is 23.9. The molecule has 0 spiro atoms. The molecule has 20 heavy (non-hydrogen) atoms. The van der Waals surface area contributed by atoms with Crippen molar-refractivity contribution in [2.75, 3.05) is 0 Å². The van der Waals surface area contributed by atoms with Gasteiger partial charge in [0.05, 0.1) is 0 Å². The van der Waals surface area contributed by atoms with Crippen LogP contribution in [0, 0.1) is 0 Å². The van der Waals surface area contributed by atoms with Crippen molar-refractivity contribution >= 4 is 34.4 Å². The van der Waals surface area contributed by atoms with Gasteiger partial charge in [0.15, 0.2) is 20.8 Å². The van der Waals surface area contributed by atoms with Crippen molar-refractivity contribution in [3.05, 3.63) is 65.5 Å². The van der Waals surface area contributed by atoms with E-state index in [0.717, 1.165) is 10.6 Å². The van der Waals surface area contributed by atoms with Gasteiger partial charge in [0.1, 0.15) is 0 Å². The molecule has 2 atom stereocenters. The minimum absolute atomic E-state index is 0.910. The van der Waals surface area contributed by atoms with E-state index < -0.39 is 23.7 Å². The molecule has 2 aromatic carbocycles. The summed E-state index contributed by atoms with van der Waals surface area (Å²) in [5, 5.41) is 1.82. The minimum Gasteiger partial charge on any atom is -0.352 e. The zero-order chi connectivity index (χ0) is 14.0. The molecule has 8 heteroatoms. The molecule has 0 fully saturated rings. The molecular weight excluding hydrogens is 311 g/mol. The fraction of sp³-hybridized carbons (Fsp3) is 0. The standard InChI is InChI=1S/C12H12N3O2P3/c16-20(17)14-18(11-7-3-1-4-8-11)13-19(15-20)12-9-5-2-6-10-12/h1-10,16-17H. The van der Waals surface area contributed by atoms with Gasteiger partial charge in [-0.1, -0.05) is 53.0 Å². The van der Waals surface area contributed by atoms with Gasteiger partial charge >= 0.3 is 0 Å². The summed E-state index contributed by atoms with van der Waals surface area (Å²) in [6.45, 7) is 0. The second-order valence-corrected chi connectivity index (χ2v) is 9.47. The van der Waals surface area contributed by atoms with E-state index in [1.54, 1.807) is 0 Å².